The highest BCUT2D eigenvalue weighted by atomic mass is 79.9. The number of benzene rings is 1. The van der Waals surface area contributed by atoms with Crippen molar-refractivity contribution in [2.45, 2.75) is 26.7 Å². The smallest absolute Gasteiger partial charge is 0.252 e. The lowest BCUT2D eigenvalue weighted by atomic mass is 10.1. The van der Waals surface area contributed by atoms with Crippen LogP contribution in [0.1, 0.15) is 35.7 Å². The first-order chi connectivity index (χ1) is 8.65. The van der Waals surface area contributed by atoms with Crippen LogP contribution >= 0.6 is 15.9 Å². The zero-order valence-corrected chi connectivity index (χ0v) is 12.5. The minimum atomic E-state index is -0.0685. The van der Waals surface area contributed by atoms with Crippen molar-refractivity contribution in [1.29, 1.82) is 0 Å². The summed E-state index contributed by atoms with van der Waals surface area (Å²) in [5.41, 5.74) is 1.79. The van der Waals surface area contributed by atoms with Crippen LogP contribution in [0.5, 0.6) is 0 Å². The van der Waals surface area contributed by atoms with E-state index in [0.29, 0.717) is 18.7 Å². The molecule has 0 unspecified atom stereocenters. The fourth-order valence-electron chi connectivity index (χ4n) is 1.48. The molecule has 1 amide bonds. The molecule has 0 aliphatic heterocycles. The molecule has 0 spiro atoms. The van der Waals surface area contributed by atoms with Gasteiger partial charge in [0.15, 0.2) is 0 Å². The number of unbranched alkanes of at least 4 members (excludes halogenated alkanes) is 1. The fourth-order valence-corrected chi connectivity index (χ4v) is 2.16. The van der Waals surface area contributed by atoms with Crippen molar-refractivity contribution >= 4 is 21.8 Å². The Morgan fingerprint density at radius 2 is 2.17 bits per heavy atom. The Morgan fingerprint density at radius 3 is 2.83 bits per heavy atom. The van der Waals surface area contributed by atoms with Crippen LogP contribution in [0.15, 0.2) is 22.7 Å². The number of hydrogen-bond acceptors (Lipinski definition) is 2. The van der Waals surface area contributed by atoms with E-state index in [1.165, 1.54) is 0 Å². The summed E-state index contributed by atoms with van der Waals surface area (Å²) < 4.78 is 6.21. The molecular weight excluding hydrogens is 294 g/mol. The molecule has 0 aromatic heterocycles. The minimum absolute atomic E-state index is 0.0685. The molecule has 0 saturated carbocycles. The number of carbonyl (C=O) groups excluding carboxylic acids is 1. The first-order valence-corrected chi connectivity index (χ1v) is 7.06. The van der Waals surface area contributed by atoms with Crippen molar-refractivity contribution in [3.63, 3.8) is 0 Å². The summed E-state index contributed by atoms with van der Waals surface area (Å²) in [5, 5.41) is 2.84. The number of nitrogens with one attached hydrogen (secondary N) is 1. The van der Waals surface area contributed by atoms with E-state index in [1.54, 1.807) is 0 Å². The van der Waals surface area contributed by atoms with E-state index in [4.69, 9.17) is 4.74 Å². The molecule has 100 valence electrons. The zero-order chi connectivity index (χ0) is 13.4. The normalized spacial score (nSPS) is 10.4. The Balaban J connectivity index is 2.32. The molecule has 0 heterocycles. The van der Waals surface area contributed by atoms with Gasteiger partial charge >= 0.3 is 0 Å². The molecular formula is C14H20BrNO2. The second kappa shape index (κ2) is 8.27. The Morgan fingerprint density at radius 1 is 1.39 bits per heavy atom. The first-order valence-electron chi connectivity index (χ1n) is 6.27. The van der Waals surface area contributed by atoms with E-state index in [1.807, 2.05) is 25.1 Å². The van der Waals surface area contributed by atoms with E-state index in [0.717, 1.165) is 29.5 Å². The van der Waals surface area contributed by atoms with Crippen molar-refractivity contribution < 1.29 is 9.53 Å². The zero-order valence-electron chi connectivity index (χ0n) is 11.0. The lowest BCUT2D eigenvalue weighted by Gasteiger charge is -2.08. The number of carbonyl (C=O) groups is 1. The molecule has 0 fully saturated rings. The number of ether oxygens (including phenoxy) is 1. The second-order valence-corrected chi connectivity index (χ2v) is 5.06. The summed E-state index contributed by atoms with van der Waals surface area (Å²) in [6.45, 7) is 5.99. The van der Waals surface area contributed by atoms with Crippen LogP contribution in [-0.4, -0.2) is 25.7 Å². The van der Waals surface area contributed by atoms with E-state index in [-0.39, 0.29) is 5.91 Å². The van der Waals surface area contributed by atoms with E-state index in [9.17, 15) is 4.79 Å². The van der Waals surface area contributed by atoms with Crippen LogP contribution in [0.25, 0.3) is 0 Å². The van der Waals surface area contributed by atoms with Gasteiger partial charge in [-0.15, -0.1) is 0 Å². The maximum absolute atomic E-state index is 11.9. The van der Waals surface area contributed by atoms with Crippen molar-refractivity contribution in [2.75, 3.05) is 19.8 Å². The second-order valence-electron chi connectivity index (χ2n) is 4.21. The quantitative estimate of drug-likeness (QED) is 0.784. The summed E-state index contributed by atoms with van der Waals surface area (Å²) in [6, 6.07) is 5.69. The highest BCUT2D eigenvalue weighted by molar-refractivity contribution is 9.10. The molecule has 1 N–H and O–H groups in total. The van der Waals surface area contributed by atoms with Gasteiger partial charge in [0, 0.05) is 17.6 Å². The average molecular weight is 314 g/mol. The largest absolute Gasteiger partial charge is 0.380 e. The third kappa shape index (κ3) is 5.19. The lowest BCUT2D eigenvalue weighted by Crippen LogP contribution is -2.27. The Hall–Kier alpha value is -0.870. The molecule has 0 atom stereocenters. The van der Waals surface area contributed by atoms with Crippen LogP contribution < -0.4 is 5.32 Å². The molecule has 0 radical (unpaired) electrons. The molecule has 1 aromatic carbocycles. The Labute approximate surface area is 117 Å². The molecule has 3 nitrogen and oxygen atoms in total. The van der Waals surface area contributed by atoms with Gasteiger partial charge in [-0.05, 0) is 47.0 Å². The average Bonchev–Trinajstić information content (AvgIpc) is 2.33. The van der Waals surface area contributed by atoms with Crippen LogP contribution in [-0.2, 0) is 4.74 Å². The van der Waals surface area contributed by atoms with Gasteiger partial charge in [0.05, 0.1) is 12.2 Å². The van der Waals surface area contributed by atoms with Crippen molar-refractivity contribution in [3.8, 4) is 0 Å². The van der Waals surface area contributed by atoms with Gasteiger partial charge in [0.25, 0.3) is 5.91 Å². The van der Waals surface area contributed by atoms with Crippen LogP contribution in [0.4, 0.5) is 0 Å². The number of amides is 1. The third-order valence-corrected chi connectivity index (χ3v) is 3.20. The molecule has 0 aliphatic carbocycles. The maximum atomic E-state index is 11.9. The van der Waals surface area contributed by atoms with Crippen LogP contribution in [0, 0.1) is 6.92 Å². The van der Waals surface area contributed by atoms with Crippen molar-refractivity contribution in [1.82, 2.24) is 5.32 Å². The summed E-state index contributed by atoms with van der Waals surface area (Å²) in [7, 11) is 0. The standard InChI is InChI=1S/C14H20BrNO2/c1-3-4-8-18-9-7-16-14(17)12-6-5-11(2)10-13(12)15/h5-6,10H,3-4,7-9H2,1-2H3,(H,16,17). The monoisotopic (exact) mass is 313 g/mol. The van der Waals surface area contributed by atoms with E-state index in [2.05, 4.69) is 28.2 Å². The fraction of sp³-hybridized carbons (Fsp3) is 0.500. The van der Waals surface area contributed by atoms with Gasteiger partial charge in [-0.2, -0.15) is 0 Å². The van der Waals surface area contributed by atoms with Gasteiger partial charge in [-0.1, -0.05) is 19.4 Å². The lowest BCUT2D eigenvalue weighted by molar-refractivity contribution is 0.0912. The summed E-state index contributed by atoms with van der Waals surface area (Å²) in [4.78, 5) is 11.9. The molecule has 18 heavy (non-hydrogen) atoms. The number of rotatable bonds is 7. The van der Waals surface area contributed by atoms with Crippen molar-refractivity contribution in [3.05, 3.63) is 33.8 Å². The number of aryl methyl sites for hydroxylation is 1. The molecule has 1 aromatic rings. The van der Waals surface area contributed by atoms with Gasteiger partial charge in [-0.3, -0.25) is 4.79 Å². The predicted molar refractivity (Wildman–Crippen MR) is 76.9 cm³/mol. The van der Waals surface area contributed by atoms with E-state index >= 15 is 0 Å². The Bertz CT molecular complexity index is 393. The predicted octanol–water partition coefficient (Wildman–Crippen LogP) is 3.30. The topological polar surface area (TPSA) is 38.3 Å². The van der Waals surface area contributed by atoms with Gasteiger partial charge < -0.3 is 10.1 Å². The highest BCUT2D eigenvalue weighted by Crippen LogP contribution is 2.17. The van der Waals surface area contributed by atoms with Crippen LogP contribution in [0.3, 0.4) is 0 Å². The number of hydrogen-bond donors (Lipinski definition) is 1. The SMILES string of the molecule is CCCCOCCNC(=O)c1ccc(C)cc1Br. The van der Waals surface area contributed by atoms with Crippen LogP contribution in [0.2, 0.25) is 0 Å². The molecule has 4 heteroatoms. The third-order valence-electron chi connectivity index (χ3n) is 2.54. The van der Waals surface area contributed by atoms with Gasteiger partial charge in [-0.25, -0.2) is 0 Å². The summed E-state index contributed by atoms with van der Waals surface area (Å²) in [5.74, 6) is -0.0685. The minimum Gasteiger partial charge on any atom is -0.380 e. The molecule has 0 bridgehead atoms. The molecule has 1 rings (SSSR count). The maximum Gasteiger partial charge on any atom is 0.252 e. The first kappa shape index (κ1) is 15.2. The summed E-state index contributed by atoms with van der Waals surface area (Å²) >= 11 is 3.40. The van der Waals surface area contributed by atoms with Gasteiger partial charge in [0.2, 0.25) is 0 Å². The molecule has 0 saturated heterocycles. The van der Waals surface area contributed by atoms with E-state index < -0.39 is 0 Å². The highest BCUT2D eigenvalue weighted by Gasteiger charge is 2.08. The molecule has 0 aliphatic rings. The summed E-state index contributed by atoms with van der Waals surface area (Å²) in [6.07, 6.45) is 2.19. The Kier molecular flexibility index (Phi) is 6.98. The van der Waals surface area contributed by atoms with Crippen molar-refractivity contribution in [2.24, 2.45) is 0 Å². The number of halogens is 1. The van der Waals surface area contributed by atoms with Gasteiger partial charge in [0.1, 0.15) is 0 Å².